The minimum Gasteiger partial charge on any atom is -0.507 e. The highest BCUT2D eigenvalue weighted by Gasteiger charge is 2.32. The van der Waals surface area contributed by atoms with Crippen LogP contribution in [-0.2, 0) is 6.54 Å². The molecule has 6 heteroatoms. The second-order valence-corrected chi connectivity index (χ2v) is 7.80. The number of benzene rings is 2. The number of nitrogens with zero attached hydrogens (tertiary/aromatic N) is 1. The number of allylic oxidation sites excluding steroid dienone is 1. The molecular weight excluding hydrogens is 382 g/mol. The number of hydrogen-bond donors (Lipinski definition) is 1. The number of methoxy groups -OCH3 is 2. The fourth-order valence-corrected chi connectivity index (χ4v) is 4.12. The molecule has 2 aliphatic heterocycles. The zero-order valence-electron chi connectivity index (χ0n) is 17.6. The first-order valence-corrected chi connectivity index (χ1v) is 10.3. The van der Waals surface area contributed by atoms with E-state index in [2.05, 4.69) is 11.8 Å². The van der Waals surface area contributed by atoms with Crippen LogP contribution in [0.4, 0.5) is 0 Å². The van der Waals surface area contributed by atoms with Gasteiger partial charge in [0.05, 0.1) is 25.3 Å². The van der Waals surface area contributed by atoms with Crippen LogP contribution in [0.25, 0.3) is 6.08 Å². The summed E-state index contributed by atoms with van der Waals surface area (Å²) in [7, 11) is 3.16. The van der Waals surface area contributed by atoms with Gasteiger partial charge in [-0.2, -0.15) is 0 Å². The first-order valence-electron chi connectivity index (χ1n) is 10.3. The molecule has 1 N–H and O–H groups in total. The summed E-state index contributed by atoms with van der Waals surface area (Å²) in [6.07, 6.45) is 5.17. The second kappa shape index (κ2) is 8.40. The molecule has 6 nitrogen and oxygen atoms in total. The lowest BCUT2D eigenvalue weighted by Gasteiger charge is -2.33. The van der Waals surface area contributed by atoms with Crippen LogP contribution >= 0.6 is 0 Å². The molecule has 2 aromatic rings. The van der Waals surface area contributed by atoms with E-state index >= 15 is 0 Å². The molecule has 4 rings (SSSR count). The van der Waals surface area contributed by atoms with E-state index in [-0.39, 0.29) is 17.3 Å². The molecule has 158 valence electrons. The van der Waals surface area contributed by atoms with Crippen molar-refractivity contribution in [3.05, 3.63) is 52.8 Å². The Morgan fingerprint density at radius 3 is 2.77 bits per heavy atom. The van der Waals surface area contributed by atoms with Crippen molar-refractivity contribution in [3.8, 4) is 23.0 Å². The van der Waals surface area contributed by atoms with Gasteiger partial charge in [0.2, 0.25) is 5.78 Å². The number of Topliss-reactive ketones (excluding diaryl/α,β-unsaturated/α-hetero) is 1. The number of hydrogen-bond acceptors (Lipinski definition) is 6. The van der Waals surface area contributed by atoms with Gasteiger partial charge in [-0.25, -0.2) is 0 Å². The van der Waals surface area contributed by atoms with Crippen LogP contribution in [0.15, 0.2) is 36.1 Å². The highest BCUT2D eigenvalue weighted by molar-refractivity contribution is 6.15. The standard InChI is InChI=1S/C24H27NO5/c1-15-6-4-5-11-25(15)14-19-20(26)10-9-18-23(27)22(30-24(18)19)12-16-7-8-17(28-2)13-21(16)29-3/h7-10,12-13,15,26H,4-6,11,14H2,1-3H3/b22-12-/t15-/m1/s1. The predicted molar refractivity (Wildman–Crippen MR) is 114 cm³/mol. The Balaban J connectivity index is 1.67. The number of carbonyl (C=O) groups is 1. The fraction of sp³-hybridized carbons (Fsp3) is 0.375. The summed E-state index contributed by atoms with van der Waals surface area (Å²) in [6, 6.07) is 9.02. The molecule has 1 saturated heterocycles. The molecule has 2 aromatic carbocycles. The zero-order valence-corrected chi connectivity index (χ0v) is 17.6. The van der Waals surface area contributed by atoms with Crippen molar-refractivity contribution < 1.29 is 24.1 Å². The van der Waals surface area contributed by atoms with E-state index in [1.54, 1.807) is 44.6 Å². The van der Waals surface area contributed by atoms with Crippen LogP contribution in [0.2, 0.25) is 0 Å². The molecule has 30 heavy (non-hydrogen) atoms. The molecule has 0 spiro atoms. The average molecular weight is 409 g/mol. The third-order valence-electron chi connectivity index (χ3n) is 5.95. The number of ketones is 1. The monoisotopic (exact) mass is 409 g/mol. The molecule has 2 heterocycles. The second-order valence-electron chi connectivity index (χ2n) is 7.80. The summed E-state index contributed by atoms with van der Waals surface area (Å²) in [5.41, 5.74) is 1.86. The molecule has 0 radical (unpaired) electrons. The fourth-order valence-electron chi connectivity index (χ4n) is 4.12. The highest BCUT2D eigenvalue weighted by Crippen LogP contribution is 2.41. The summed E-state index contributed by atoms with van der Waals surface area (Å²) >= 11 is 0. The number of ether oxygens (including phenoxy) is 3. The number of likely N-dealkylation sites (tertiary alicyclic amines) is 1. The molecule has 1 atom stereocenters. The van der Waals surface area contributed by atoms with Gasteiger partial charge in [-0.1, -0.05) is 6.42 Å². The predicted octanol–water partition coefficient (Wildman–Crippen LogP) is 4.40. The van der Waals surface area contributed by atoms with Gasteiger partial charge in [-0.15, -0.1) is 0 Å². The summed E-state index contributed by atoms with van der Waals surface area (Å²) in [4.78, 5) is 15.3. The minimum atomic E-state index is -0.198. The van der Waals surface area contributed by atoms with Crippen LogP contribution in [0, 0.1) is 0 Å². The number of carbonyl (C=O) groups excluding carboxylic acids is 1. The molecule has 1 fully saturated rings. The van der Waals surface area contributed by atoms with Crippen molar-refractivity contribution in [1.82, 2.24) is 4.90 Å². The van der Waals surface area contributed by atoms with Gasteiger partial charge in [0.25, 0.3) is 0 Å². The smallest absolute Gasteiger partial charge is 0.231 e. The molecule has 2 aliphatic rings. The third kappa shape index (κ3) is 3.75. The number of piperidine rings is 1. The van der Waals surface area contributed by atoms with E-state index in [1.807, 2.05) is 6.07 Å². The van der Waals surface area contributed by atoms with Gasteiger partial charge in [0, 0.05) is 24.2 Å². The van der Waals surface area contributed by atoms with Crippen LogP contribution in [-0.4, -0.2) is 42.6 Å². The molecule has 0 bridgehead atoms. The van der Waals surface area contributed by atoms with E-state index in [9.17, 15) is 9.90 Å². The summed E-state index contributed by atoms with van der Waals surface area (Å²) < 4.78 is 16.7. The summed E-state index contributed by atoms with van der Waals surface area (Å²) in [5.74, 6) is 1.88. The molecule has 0 amide bonds. The van der Waals surface area contributed by atoms with Gasteiger partial charge in [0.15, 0.2) is 5.76 Å². The molecule has 0 saturated carbocycles. The molecule has 0 aliphatic carbocycles. The normalized spacial score (nSPS) is 20.2. The lowest BCUT2D eigenvalue weighted by atomic mass is 10.0. The molecule has 0 aromatic heterocycles. The van der Waals surface area contributed by atoms with Crippen molar-refractivity contribution >= 4 is 11.9 Å². The van der Waals surface area contributed by atoms with Crippen LogP contribution in [0.3, 0.4) is 0 Å². The van der Waals surface area contributed by atoms with E-state index < -0.39 is 0 Å². The maximum Gasteiger partial charge on any atom is 0.231 e. The summed E-state index contributed by atoms with van der Waals surface area (Å²) in [5, 5.41) is 10.5. The number of aromatic hydroxyl groups is 1. The number of fused-ring (bicyclic) bond motifs is 1. The average Bonchev–Trinajstić information content (AvgIpc) is 3.07. The first kappa shape index (κ1) is 20.3. The van der Waals surface area contributed by atoms with Crippen LogP contribution in [0.1, 0.15) is 47.7 Å². The van der Waals surface area contributed by atoms with E-state index in [0.29, 0.717) is 46.5 Å². The van der Waals surface area contributed by atoms with Gasteiger partial charge in [-0.3, -0.25) is 9.69 Å². The Kier molecular flexibility index (Phi) is 5.68. The number of phenolic OH excluding ortho intramolecular Hbond substituents is 1. The number of rotatable bonds is 5. The van der Waals surface area contributed by atoms with Gasteiger partial charge < -0.3 is 19.3 Å². The quantitative estimate of drug-likeness (QED) is 0.739. The highest BCUT2D eigenvalue weighted by atomic mass is 16.5. The maximum atomic E-state index is 13.0. The Hall–Kier alpha value is -2.99. The van der Waals surface area contributed by atoms with Crippen molar-refractivity contribution in [3.63, 3.8) is 0 Å². The molecular formula is C24H27NO5. The Morgan fingerprint density at radius 1 is 1.20 bits per heavy atom. The van der Waals surface area contributed by atoms with Crippen LogP contribution in [0.5, 0.6) is 23.0 Å². The lowest BCUT2D eigenvalue weighted by Crippen LogP contribution is -2.36. The molecule has 0 unspecified atom stereocenters. The number of phenols is 1. The van der Waals surface area contributed by atoms with Crippen molar-refractivity contribution in [2.75, 3.05) is 20.8 Å². The Bertz CT molecular complexity index is 997. The Morgan fingerprint density at radius 2 is 2.03 bits per heavy atom. The summed E-state index contributed by atoms with van der Waals surface area (Å²) in [6.45, 7) is 3.74. The van der Waals surface area contributed by atoms with Crippen molar-refractivity contribution in [1.29, 1.82) is 0 Å². The minimum absolute atomic E-state index is 0.155. The third-order valence-corrected chi connectivity index (χ3v) is 5.95. The lowest BCUT2D eigenvalue weighted by molar-refractivity contribution is 0.101. The largest absolute Gasteiger partial charge is 0.507 e. The van der Waals surface area contributed by atoms with Gasteiger partial charge in [0.1, 0.15) is 23.0 Å². The van der Waals surface area contributed by atoms with E-state index in [0.717, 1.165) is 19.4 Å². The SMILES string of the molecule is COc1ccc(/C=C2\Oc3c(ccc(O)c3CN3CCCC[C@H]3C)C2=O)c(OC)c1. The van der Waals surface area contributed by atoms with E-state index in [1.165, 1.54) is 6.42 Å². The van der Waals surface area contributed by atoms with Crippen molar-refractivity contribution in [2.24, 2.45) is 0 Å². The maximum absolute atomic E-state index is 13.0. The zero-order chi connectivity index (χ0) is 21.3. The van der Waals surface area contributed by atoms with Gasteiger partial charge in [-0.05, 0) is 56.7 Å². The Labute approximate surface area is 176 Å². The van der Waals surface area contributed by atoms with Crippen LogP contribution < -0.4 is 14.2 Å². The van der Waals surface area contributed by atoms with Gasteiger partial charge >= 0.3 is 0 Å². The van der Waals surface area contributed by atoms with Crippen molar-refractivity contribution in [2.45, 2.75) is 38.8 Å². The van der Waals surface area contributed by atoms with E-state index in [4.69, 9.17) is 14.2 Å². The first-order chi connectivity index (χ1) is 14.5. The topological polar surface area (TPSA) is 68.2 Å².